The lowest BCUT2D eigenvalue weighted by molar-refractivity contribution is -0.176. The van der Waals surface area contributed by atoms with Gasteiger partial charge < -0.3 is 14.9 Å². The Balaban J connectivity index is 1.48. The number of carbonyl (C=O) groups excluding carboxylic acids is 1. The van der Waals surface area contributed by atoms with Crippen molar-refractivity contribution in [1.82, 2.24) is 0 Å². The molecule has 1 aromatic carbocycles. The topological polar surface area (TPSA) is 83.8 Å². The molecule has 0 aliphatic heterocycles. The molecular formula is C31H44O5. The summed E-state index contributed by atoms with van der Waals surface area (Å²) in [5, 5.41) is 19.7. The number of esters is 1. The van der Waals surface area contributed by atoms with E-state index in [1.807, 2.05) is 30.3 Å². The van der Waals surface area contributed by atoms with Crippen molar-refractivity contribution >= 4 is 11.9 Å². The zero-order valence-corrected chi connectivity index (χ0v) is 22.2. The third-order valence-electron chi connectivity index (χ3n) is 11.5. The SMILES string of the molecule is C[C@H](CCC(=O)O)[C@H]1CC[C@H]2[C@@H]3CC[C@H]4C[C@H](O)CC[C@]4(C)[C@H]3C[C@H](OC(=O)c3ccccc3)[C@]12C. The Hall–Kier alpha value is -1.88. The van der Waals surface area contributed by atoms with Gasteiger partial charge in [0.15, 0.2) is 0 Å². The molecule has 10 atom stereocenters. The summed E-state index contributed by atoms with van der Waals surface area (Å²) in [7, 11) is 0. The highest BCUT2D eigenvalue weighted by molar-refractivity contribution is 5.89. The van der Waals surface area contributed by atoms with Gasteiger partial charge in [-0.2, -0.15) is 0 Å². The second-order valence-electron chi connectivity index (χ2n) is 13.0. The van der Waals surface area contributed by atoms with Crippen molar-refractivity contribution in [1.29, 1.82) is 0 Å². The molecule has 0 amide bonds. The van der Waals surface area contributed by atoms with Crippen LogP contribution in [-0.2, 0) is 9.53 Å². The van der Waals surface area contributed by atoms with Crippen molar-refractivity contribution in [2.24, 2.45) is 46.3 Å². The van der Waals surface area contributed by atoms with E-state index in [4.69, 9.17) is 4.74 Å². The first kappa shape index (κ1) is 25.8. The van der Waals surface area contributed by atoms with E-state index < -0.39 is 5.97 Å². The second kappa shape index (κ2) is 9.78. The Morgan fingerprint density at radius 1 is 1.03 bits per heavy atom. The van der Waals surface area contributed by atoms with Gasteiger partial charge in [-0.25, -0.2) is 4.79 Å². The van der Waals surface area contributed by atoms with Crippen molar-refractivity contribution in [3.05, 3.63) is 35.9 Å². The molecule has 4 aliphatic rings. The highest BCUT2D eigenvalue weighted by Gasteiger charge is 2.65. The van der Waals surface area contributed by atoms with Crippen LogP contribution in [0.1, 0.15) is 95.3 Å². The molecule has 36 heavy (non-hydrogen) atoms. The van der Waals surface area contributed by atoms with E-state index in [0.29, 0.717) is 41.6 Å². The van der Waals surface area contributed by atoms with E-state index in [2.05, 4.69) is 20.8 Å². The summed E-state index contributed by atoms with van der Waals surface area (Å²) in [6.45, 7) is 7.04. The smallest absolute Gasteiger partial charge is 0.338 e. The molecule has 0 aromatic heterocycles. The van der Waals surface area contributed by atoms with E-state index >= 15 is 0 Å². The van der Waals surface area contributed by atoms with Crippen LogP contribution < -0.4 is 0 Å². The van der Waals surface area contributed by atoms with Gasteiger partial charge in [-0.3, -0.25) is 4.79 Å². The summed E-state index contributed by atoms with van der Waals surface area (Å²) in [6.07, 6.45) is 8.88. The average Bonchev–Trinajstić information content (AvgIpc) is 3.22. The van der Waals surface area contributed by atoms with E-state index in [1.54, 1.807) is 0 Å². The van der Waals surface area contributed by atoms with Crippen molar-refractivity contribution in [2.75, 3.05) is 0 Å². The molecule has 0 bridgehead atoms. The normalized spacial score (nSPS) is 42.5. The summed E-state index contributed by atoms with van der Waals surface area (Å²) in [5.41, 5.74) is 0.649. The van der Waals surface area contributed by atoms with E-state index in [0.717, 1.165) is 38.5 Å². The summed E-state index contributed by atoms with van der Waals surface area (Å²) in [6, 6.07) is 9.33. The van der Waals surface area contributed by atoms with Crippen LogP contribution in [-0.4, -0.2) is 34.4 Å². The van der Waals surface area contributed by atoms with Gasteiger partial charge in [-0.05, 0) is 111 Å². The molecule has 5 heteroatoms. The first-order chi connectivity index (χ1) is 17.1. The van der Waals surface area contributed by atoms with Crippen LogP contribution in [0.4, 0.5) is 0 Å². The number of ether oxygens (including phenoxy) is 1. The Morgan fingerprint density at radius 2 is 1.78 bits per heavy atom. The van der Waals surface area contributed by atoms with Crippen molar-refractivity contribution < 1.29 is 24.5 Å². The predicted octanol–water partition coefficient (Wildman–Crippen LogP) is 6.34. The van der Waals surface area contributed by atoms with Crippen LogP contribution in [0.2, 0.25) is 0 Å². The number of fused-ring (bicyclic) bond motifs is 5. The first-order valence-corrected chi connectivity index (χ1v) is 14.3. The lowest BCUT2D eigenvalue weighted by Crippen LogP contribution is -2.59. The maximum atomic E-state index is 13.4. The maximum absolute atomic E-state index is 13.4. The molecule has 198 valence electrons. The van der Waals surface area contributed by atoms with Crippen molar-refractivity contribution in [3.63, 3.8) is 0 Å². The largest absolute Gasteiger partial charge is 0.481 e. The minimum Gasteiger partial charge on any atom is -0.481 e. The molecule has 5 rings (SSSR count). The van der Waals surface area contributed by atoms with E-state index in [9.17, 15) is 19.8 Å². The van der Waals surface area contributed by atoms with Gasteiger partial charge in [0.25, 0.3) is 0 Å². The lowest BCUT2D eigenvalue weighted by Gasteiger charge is -2.62. The molecule has 4 fully saturated rings. The first-order valence-electron chi connectivity index (χ1n) is 14.3. The summed E-state index contributed by atoms with van der Waals surface area (Å²) >= 11 is 0. The summed E-state index contributed by atoms with van der Waals surface area (Å²) in [4.78, 5) is 24.7. The number of carboxylic acid groups (broad SMARTS) is 1. The second-order valence-corrected chi connectivity index (χ2v) is 13.0. The number of rotatable bonds is 6. The Morgan fingerprint density at radius 3 is 2.50 bits per heavy atom. The van der Waals surface area contributed by atoms with Gasteiger partial charge in [0.1, 0.15) is 6.10 Å². The van der Waals surface area contributed by atoms with Crippen molar-refractivity contribution in [3.8, 4) is 0 Å². The third kappa shape index (κ3) is 4.29. The Bertz CT molecular complexity index is 961. The van der Waals surface area contributed by atoms with Gasteiger partial charge in [-0.15, -0.1) is 0 Å². The van der Waals surface area contributed by atoms with Gasteiger partial charge >= 0.3 is 11.9 Å². The minimum absolute atomic E-state index is 0.138. The fraction of sp³-hybridized carbons (Fsp3) is 0.742. The maximum Gasteiger partial charge on any atom is 0.338 e. The highest BCUT2D eigenvalue weighted by atomic mass is 16.5. The molecule has 0 radical (unpaired) electrons. The van der Waals surface area contributed by atoms with Crippen molar-refractivity contribution in [2.45, 2.75) is 97.2 Å². The summed E-state index contributed by atoms with van der Waals surface area (Å²) in [5.74, 6) is 1.83. The van der Waals surface area contributed by atoms with E-state index in [-0.39, 0.29) is 41.3 Å². The molecule has 0 heterocycles. The standard InChI is InChI=1S/C31H44O5/c1-19(9-14-28(33)34)24-12-13-25-23-11-10-21-17-22(32)15-16-30(21,2)26(23)18-27(31(24,25)3)36-29(35)20-7-5-4-6-8-20/h4-8,19,21-27,32H,9-18H2,1-3H3,(H,33,34)/t19-,21+,22-,23+,24-,25+,26+,27+,30+,31-/m1/s1. The molecule has 0 unspecified atom stereocenters. The number of aliphatic hydroxyl groups is 1. The number of aliphatic carboxylic acids is 1. The van der Waals surface area contributed by atoms with Gasteiger partial charge in [-0.1, -0.05) is 39.0 Å². The number of carboxylic acids is 1. The molecule has 5 nitrogen and oxygen atoms in total. The highest BCUT2D eigenvalue weighted by Crippen LogP contribution is 2.69. The van der Waals surface area contributed by atoms with Crippen LogP contribution in [0.5, 0.6) is 0 Å². The van der Waals surface area contributed by atoms with Crippen LogP contribution in [0.3, 0.4) is 0 Å². The Labute approximate surface area is 216 Å². The molecule has 1 aromatic rings. The van der Waals surface area contributed by atoms with Crippen LogP contribution >= 0.6 is 0 Å². The van der Waals surface area contributed by atoms with Crippen LogP contribution in [0.15, 0.2) is 30.3 Å². The quantitative estimate of drug-likeness (QED) is 0.449. The minimum atomic E-state index is -0.733. The predicted molar refractivity (Wildman–Crippen MR) is 138 cm³/mol. The summed E-state index contributed by atoms with van der Waals surface area (Å²) < 4.78 is 6.49. The molecule has 0 spiro atoms. The number of carbonyl (C=O) groups is 2. The van der Waals surface area contributed by atoms with Crippen LogP contribution in [0, 0.1) is 46.3 Å². The zero-order chi connectivity index (χ0) is 25.7. The number of benzene rings is 1. The number of hydrogen-bond donors (Lipinski definition) is 2. The molecule has 2 N–H and O–H groups in total. The van der Waals surface area contributed by atoms with Gasteiger partial charge in [0, 0.05) is 11.8 Å². The lowest BCUT2D eigenvalue weighted by atomic mass is 9.43. The monoisotopic (exact) mass is 496 g/mol. The molecule has 4 saturated carbocycles. The van der Waals surface area contributed by atoms with E-state index in [1.165, 1.54) is 12.8 Å². The Kier molecular flexibility index (Phi) is 6.99. The molecular weight excluding hydrogens is 452 g/mol. The fourth-order valence-electron chi connectivity index (χ4n) is 9.63. The number of hydrogen-bond acceptors (Lipinski definition) is 4. The van der Waals surface area contributed by atoms with Gasteiger partial charge in [0.2, 0.25) is 0 Å². The third-order valence-corrected chi connectivity index (χ3v) is 11.5. The molecule has 0 saturated heterocycles. The van der Waals surface area contributed by atoms with Crippen LogP contribution in [0.25, 0.3) is 0 Å². The fourth-order valence-corrected chi connectivity index (χ4v) is 9.63. The zero-order valence-electron chi connectivity index (χ0n) is 22.2. The van der Waals surface area contributed by atoms with Gasteiger partial charge in [0.05, 0.1) is 11.7 Å². The number of aliphatic hydroxyl groups excluding tert-OH is 1. The average molecular weight is 497 g/mol. The molecule has 4 aliphatic carbocycles.